The molecule has 1 aromatic carbocycles. The van der Waals surface area contributed by atoms with Gasteiger partial charge >= 0.3 is 0 Å². The van der Waals surface area contributed by atoms with Crippen LogP contribution < -0.4 is 5.32 Å². The van der Waals surface area contributed by atoms with Crippen molar-refractivity contribution in [3.8, 4) is 0 Å². The summed E-state index contributed by atoms with van der Waals surface area (Å²) in [5.74, 6) is 0. The number of hydrogen-bond donors (Lipinski definition) is 1. The summed E-state index contributed by atoms with van der Waals surface area (Å²) in [6.45, 7) is 4.61. The number of nitrogens with one attached hydrogen (secondary N) is 1. The van der Waals surface area contributed by atoms with E-state index in [4.69, 9.17) is 9.47 Å². The van der Waals surface area contributed by atoms with Gasteiger partial charge in [0.1, 0.15) is 0 Å². The number of epoxide rings is 1. The molecule has 0 bridgehead atoms. The van der Waals surface area contributed by atoms with Crippen molar-refractivity contribution in [1.82, 2.24) is 9.88 Å². The van der Waals surface area contributed by atoms with Gasteiger partial charge < -0.3 is 19.4 Å². The summed E-state index contributed by atoms with van der Waals surface area (Å²) in [7, 11) is 0. The molecule has 2 aromatic rings. The highest BCUT2D eigenvalue weighted by molar-refractivity contribution is 5.80. The van der Waals surface area contributed by atoms with E-state index in [1.54, 1.807) is 0 Å². The van der Waals surface area contributed by atoms with Gasteiger partial charge in [0, 0.05) is 37.5 Å². The van der Waals surface area contributed by atoms with Crippen molar-refractivity contribution in [2.24, 2.45) is 0 Å². The molecule has 112 valence electrons. The number of rotatable bonds is 5. The van der Waals surface area contributed by atoms with Gasteiger partial charge in [0.25, 0.3) is 0 Å². The molecule has 0 spiro atoms. The fraction of sp³-hybridized carbons (Fsp3) is 0.529. The summed E-state index contributed by atoms with van der Waals surface area (Å²) in [5.41, 5.74) is 2.66. The van der Waals surface area contributed by atoms with Gasteiger partial charge in [0.05, 0.1) is 19.3 Å². The Morgan fingerprint density at radius 3 is 2.86 bits per heavy atom. The van der Waals surface area contributed by atoms with Crippen LogP contribution in [0.15, 0.2) is 30.5 Å². The first-order chi connectivity index (χ1) is 10.4. The molecule has 0 amide bonds. The summed E-state index contributed by atoms with van der Waals surface area (Å²) < 4.78 is 13.0. The van der Waals surface area contributed by atoms with Gasteiger partial charge in [-0.3, -0.25) is 0 Å². The molecule has 4 rings (SSSR count). The Bertz CT molecular complexity index is 612. The topological polar surface area (TPSA) is 38.7 Å². The van der Waals surface area contributed by atoms with Crippen LogP contribution in [0.2, 0.25) is 0 Å². The number of benzene rings is 1. The first kappa shape index (κ1) is 13.3. The van der Waals surface area contributed by atoms with Crippen LogP contribution in [-0.4, -0.2) is 36.5 Å². The van der Waals surface area contributed by atoms with Gasteiger partial charge in [0.15, 0.2) is 0 Å². The number of aromatic nitrogens is 1. The van der Waals surface area contributed by atoms with E-state index in [1.165, 1.54) is 16.5 Å². The minimum absolute atomic E-state index is 0.426. The van der Waals surface area contributed by atoms with Crippen LogP contribution in [0.25, 0.3) is 10.9 Å². The quantitative estimate of drug-likeness (QED) is 0.857. The third-order valence-electron chi connectivity index (χ3n) is 4.45. The van der Waals surface area contributed by atoms with Crippen molar-refractivity contribution < 1.29 is 9.47 Å². The molecule has 21 heavy (non-hydrogen) atoms. The molecular formula is C17H22N2O2. The van der Waals surface area contributed by atoms with Gasteiger partial charge in [-0.15, -0.1) is 0 Å². The van der Waals surface area contributed by atoms with Crippen LogP contribution in [0, 0.1) is 0 Å². The van der Waals surface area contributed by atoms with Crippen LogP contribution >= 0.6 is 0 Å². The maximum atomic E-state index is 5.40. The maximum absolute atomic E-state index is 5.40. The molecule has 2 fully saturated rings. The highest BCUT2D eigenvalue weighted by Crippen LogP contribution is 2.21. The third kappa shape index (κ3) is 3.12. The zero-order valence-corrected chi connectivity index (χ0v) is 12.3. The largest absolute Gasteiger partial charge is 0.381 e. The number of ether oxygens (including phenoxy) is 2. The first-order valence-electron chi connectivity index (χ1n) is 7.89. The van der Waals surface area contributed by atoms with Gasteiger partial charge in [-0.05, 0) is 42.0 Å². The normalized spacial score (nSPS) is 22.8. The Morgan fingerprint density at radius 2 is 2.05 bits per heavy atom. The van der Waals surface area contributed by atoms with E-state index >= 15 is 0 Å². The summed E-state index contributed by atoms with van der Waals surface area (Å²) in [4.78, 5) is 0. The van der Waals surface area contributed by atoms with Crippen LogP contribution in [0.4, 0.5) is 0 Å². The number of nitrogens with zero attached hydrogens (tertiary/aromatic N) is 1. The third-order valence-corrected chi connectivity index (χ3v) is 4.45. The van der Waals surface area contributed by atoms with Crippen LogP contribution in [0.1, 0.15) is 18.4 Å². The molecule has 0 radical (unpaired) electrons. The molecule has 4 nitrogen and oxygen atoms in total. The van der Waals surface area contributed by atoms with E-state index in [-0.39, 0.29) is 0 Å². The second-order valence-corrected chi connectivity index (χ2v) is 6.08. The lowest BCUT2D eigenvalue weighted by atomic mass is 10.1. The highest BCUT2D eigenvalue weighted by Gasteiger charge is 2.23. The van der Waals surface area contributed by atoms with E-state index in [0.717, 1.165) is 45.8 Å². The molecule has 0 aliphatic carbocycles. The van der Waals surface area contributed by atoms with Crippen molar-refractivity contribution in [2.75, 3.05) is 19.8 Å². The Balaban J connectivity index is 1.43. The van der Waals surface area contributed by atoms with Crippen molar-refractivity contribution >= 4 is 10.9 Å². The monoisotopic (exact) mass is 286 g/mol. The zero-order chi connectivity index (χ0) is 14.1. The van der Waals surface area contributed by atoms with Crippen molar-refractivity contribution in [3.63, 3.8) is 0 Å². The lowest BCUT2D eigenvalue weighted by Gasteiger charge is -2.23. The highest BCUT2D eigenvalue weighted by atomic mass is 16.6. The lowest BCUT2D eigenvalue weighted by molar-refractivity contribution is 0.0776. The average molecular weight is 286 g/mol. The van der Waals surface area contributed by atoms with E-state index in [1.807, 2.05) is 0 Å². The molecule has 1 unspecified atom stereocenters. The Hall–Kier alpha value is -1.36. The molecule has 4 heteroatoms. The van der Waals surface area contributed by atoms with Gasteiger partial charge in [0.2, 0.25) is 0 Å². The molecule has 2 aliphatic rings. The van der Waals surface area contributed by atoms with Crippen LogP contribution in [0.5, 0.6) is 0 Å². The summed E-state index contributed by atoms with van der Waals surface area (Å²) in [6.07, 6.45) is 4.85. The maximum Gasteiger partial charge on any atom is 0.0988 e. The van der Waals surface area contributed by atoms with Crippen LogP contribution in [0.3, 0.4) is 0 Å². The van der Waals surface area contributed by atoms with Gasteiger partial charge in [-0.2, -0.15) is 0 Å². The second-order valence-electron chi connectivity index (χ2n) is 6.08. The molecular weight excluding hydrogens is 264 g/mol. The summed E-state index contributed by atoms with van der Waals surface area (Å²) in [6, 6.07) is 9.57. The minimum Gasteiger partial charge on any atom is -0.381 e. The summed E-state index contributed by atoms with van der Waals surface area (Å²) in [5, 5.41) is 4.97. The predicted molar refractivity (Wildman–Crippen MR) is 82.4 cm³/mol. The Labute approximate surface area is 125 Å². The molecule has 0 saturated carbocycles. The minimum atomic E-state index is 0.426. The van der Waals surface area contributed by atoms with E-state index in [2.05, 4.69) is 40.3 Å². The van der Waals surface area contributed by atoms with Crippen molar-refractivity contribution in [3.05, 3.63) is 36.0 Å². The van der Waals surface area contributed by atoms with Crippen LogP contribution in [-0.2, 0) is 22.6 Å². The predicted octanol–water partition coefficient (Wildman–Crippen LogP) is 2.31. The molecule has 1 aromatic heterocycles. The lowest BCUT2D eigenvalue weighted by Crippen LogP contribution is -2.34. The zero-order valence-electron chi connectivity index (χ0n) is 12.3. The van der Waals surface area contributed by atoms with Crippen molar-refractivity contribution in [1.29, 1.82) is 0 Å². The molecule has 2 aliphatic heterocycles. The first-order valence-corrected chi connectivity index (χ1v) is 7.89. The molecule has 3 heterocycles. The van der Waals surface area contributed by atoms with E-state index in [9.17, 15) is 0 Å². The molecule has 1 atom stereocenters. The SMILES string of the molecule is c1cc2c(ccn2CC2CO2)cc1CNC1CCOCC1. The van der Waals surface area contributed by atoms with Gasteiger partial charge in [-0.1, -0.05) is 6.07 Å². The Morgan fingerprint density at radius 1 is 1.19 bits per heavy atom. The fourth-order valence-corrected chi connectivity index (χ4v) is 3.08. The molecule has 1 N–H and O–H groups in total. The summed E-state index contributed by atoms with van der Waals surface area (Å²) >= 11 is 0. The fourth-order valence-electron chi connectivity index (χ4n) is 3.08. The molecule has 2 saturated heterocycles. The van der Waals surface area contributed by atoms with E-state index in [0.29, 0.717) is 12.1 Å². The standard InChI is InChI=1S/C17H22N2O2/c1-2-17-14(3-6-19(17)11-16-12-21-16)9-13(1)10-18-15-4-7-20-8-5-15/h1-3,6,9,15-16,18H,4-5,7-8,10-12H2. The number of fused-ring (bicyclic) bond motifs is 1. The average Bonchev–Trinajstić information content (AvgIpc) is 3.26. The van der Waals surface area contributed by atoms with E-state index < -0.39 is 0 Å². The second kappa shape index (κ2) is 5.79. The number of hydrogen-bond acceptors (Lipinski definition) is 3. The van der Waals surface area contributed by atoms with Crippen molar-refractivity contribution in [2.45, 2.75) is 38.1 Å². The Kier molecular flexibility index (Phi) is 3.67. The van der Waals surface area contributed by atoms with Gasteiger partial charge in [-0.25, -0.2) is 0 Å². The smallest absolute Gasteiger partial charge is 0.0988 e.